The predicted octanol–water partition coefficient (Wildman–Crippen LogP) is 3.16. The summed E-state index contributed by atoms with van der Waals surface area (Å²) in [7, 11) is 0. The fraction of sp³-hybridized carbons (Fsp3) is 0.571. The van der Waals surface area contributed by atoms with E-state index in [1.165, 1.54) is 6.08 Å². The fourth-order valence-corrected chi connectivity index (χ4v) is 1.76. The van der Waals surface area contributed by atoms with Crippen LogP contribution in [-0.2, 0) is 19.1 Å². The summed E-state index contributed by atoms with van der Waals surface area (Å²) in [4.78, 5) is 22.5. The highest BCUT2D eigenvalue weighted by molar-refractivity contribution is 9.09. The molecule has 5 heteroatoms. The lowest BCUT2D eigenvalue weighted by Crippen LogP contribution is -2.08. The molecule has 0 aliphatic rings. The summed E-state index contributed by atoms with van der Waals surface area (Å²) in [5.41, 5.74) is 0.635. The van der Waals surface area contributed by atoms with Crippen molar-refractivity contribution in [2.45, 2.75) is 33.1 Å². The lowest BCUT2D eigenvalue weighted by Gasteiger charge is -2.03. The molecular formula is C14H21BrO4. The molecule has 4 nitrogen and oxygen atoms in total. The van der Waals surface area contributed by atoms with Crippen LogP contribution in [0.15, 0.2) is 23.8 Å². The summed E-state index contributed by atoms with van der Waals surface area (Å²) in [6.07, 6.45) is 7.49. The van der Waals surface area contributed by atoms with Crippen LogP contribution in [0.25, 0.3) is 0 Å². The molecule has 0 aliphatic heterocycles. The van der Waals surface area contributed by atoms with E-state index < -0.39 is 0 Å². The van der Waals surface area contributed by atoms with Crippen molar-refractivity contribution < 1.29 is 19.1 Å². The maximum atomic E-state index is 11.5. The topological polar surface area (TPSA) is 52.6 Å². The number of unbranched alkanes of at least 4 members (excludes halogenated alkanes) is 2. The van der Waals surface area contributed by atoms with Crippen LogP contribution in [0.5, 0.6) is 0 Å². The Morgan fingerprint density at radius 2 is 1.79 bits per heavy atom. The zero-order valence-electron chi connectivity index (χ0n) is 11.5. The Labute approximate surface area is 123 Å². The Kier molecular flexibility index (Phi) is 11.3. The lowest BCUT2D eigenvalue weighted by atomic mass is 10.1. The molecule has 0 spiro atoms. The minimum absolute atomic E-state index is 0.276. The van der Waals surface area contributed by atoms with Gasteiger partial charge in [0, 0.05) is 17.0 Å². The smallest absolute Gasteiger partial charge is 0.334 e. The summed E-state index contributed by atoms with van der Waals surface area (Å²) in [5, 5.41) is 0.491. The number of rotatable bonds is 9. The Bertz CT molecular complexity index is 334. The molecular weight excluding hydrogens is 312 g/mol. The van der Waals surface area contributed by atoms with Gasteiger partial charge in [-0.05, 0) is 33.1 Å². The van der Waals surface area contributed by atoms with Gasteiger partial charge in [-0.1, -0.05) is 28.1 Å². The number of alkyl halides is 1. The summed E-state index contributed by atoms with van der Waals surface area (Å²) in [6, 6.07) is 0. The van der Waals surface area contributed by atoms with Gasteiger partial charge in [0.25, 0.3) is 0 Å². The van der Waals surface area contributed by atoms with E-state index in [0.29, 0.717) is 24.1 Å². The number of hydrogen-bond acceptors (Lipinski definition) is 4. The number of allylic oxidation sites excluding steroid dienone is 2. The third-order valence-electron chi connectivity index (χ3n) is 2.19. The van der Waals surface area contributed by atoms with Crippen LogP contribution < -0.4 is 0 Å². The van der Waals surface area contributed by atoms with E-state index in [-0.39, 0.29) is 11.9 Å². The second-order valence-corrected chi connectivity index (χ2v) is 4.23. The molecule has 0 aromatic carbocycles. The molecule has 0 N–H and O–H groups in total. The van der Waals surface area contributed by atoms with E-state index in [1.54, 1.807) is 19.9 Å². The Hall–Kier alpha value is -1.10. The van der Waals surface area contributed by atoms with E-state index in [2.05, 4.69) is 15.9 Å². The van der Waals surface area contributed by atoms with Crippen molar-refractivity contribution in [2.75, 3.05) is 18.5 Å². The molecule has 108 valence electrons. The second-order valence-electron chi connectivity index (χ2n) is 3.67. The van der Waals surface area contributed by atoms with Gasteiger partial charge in [0.05, 0.1) is 13.2 Å². The first kappa shape index (κ1) is 17.9. The Morgan fingerprint density at radius 3 is 2.37 bits per heavy atom. The molecule has 19 heavy (non-hydrogen) atoms. The first-order valence-corrected chi connectivity index (χ1v) is 7.53. The molecule has 0 saturated heterocycles. The number of hydrogen-bond donors (Lipinski definition) is 0. The first-order valence-electron chi connectivity index (χ1n) is 6.41. The van der Waals surface area contributed by atoms with Crippen LogP contribution in [0.3, 0.4) is 0 Å². The normalized spacial score (nSPS) is 11.6. The van der Waals surface area contributed by atoms with Crippen molar-refractivity contribution in [1.82, 2.24) is 0 Å². The molecule has 0 unspecified atom stereocenters. The second kappa shape index (κ2) is 12.0. The largest absolute Gasteiger partial charge is 0.463 e. The number of carbonyl (C=O) groups is 2. The number of esters is 2. The van der Waals surface area contributed by atoms with Gasteiger partial charge in [-0.15, -0.1) is 0 Å². The number of carbonyl (C=O) groups excluding carboxylic acids is 2. The van der Waals surface area contributed by atoms with Crippen molar-refractivity contribution in [3.8, 4) is 0 Å². The summed E-state index contributed by atoms with van der Waals surface area (Å²) < 4.78 is 9.68. The third-order valence-corrected chi connectivity index (χ3v) is 2.79. The molecule has 0 heterocycles. The molecule has 0 aliphatic carbocycles. The first-order chi connectivity index (χ1) is 9.15. The molecule has 0 radical (unpaired) electrons. The van der Waals surface area contributed by atoms with Crippen LogP contribution in [0.1, 0.15) is 33.1 Å². The number of halogens is 1. The van der Waals surface area contributed by atoms with Crippen molar-refractivity contribution in [3.05, 3.63) is 23.8 Å². The van der Waals surface area contributed by atoms with Crippen LogP contribution in [-0.4, -0.2) is 30.5 Å². The molecule has 0 aromatic heterocycles. The minimum Gasteiger partial charge on any atom is -0.463 e. The van der Waals surface area contributed by atoms with E-state index in [4.69, 9.17) is 9.47 Å². The van der Waals surface area contributed by atoms with Crippen molar-refractivity contribution in [1.29, 1.82) is 0 Å². The third kappa shape index (κ3) is 9.47. The predicted molar refractivity (Wildman–Crippen MR) is 78.1 cm³/mol. The molecule has 0 bridgehead atoms. The van der Waals surface area contributed by atoms with Gasteiger partial charge in [-0.25, -0.2) is 9.59 Å². The van der Waals surface area contributed by atoms with Crippen LogP contribution in [0.2, 0.25) is 0 Å². The maximum Gasteiger partial charge on any atom is 0.334 e. The maximum absolute atomic E-state index is 11.5. The SMILES string of the molecule is CCOC(=O)/C=C/CCC/C=C(\CBr)C(=O)OCC. The van der Waals surface area contributed by atoms with Gasteiger partial charge < -0.3 is 9.47 Å². The van der Waals surface area contributed by atoms with E-state index >= 15 is 0 Å². The Morgan fingerprint density at radius 1 is 1.11 bits per heavy atom. The van der Waals surface area contributed by atoms with Gasteiger partial charge in [0.1, 0.15) is 0 Å². The standard InChI is InChI=1S/C14H21BrO4/c1-3-18-13(16)10-8-6-5-7-9-12(11-15)14(17)19-4-2/h8-10H,3-7,11H2,1-2H3/b10-8+,12-9+. The van der Waals surface area contributed by atoms with Gasteiger partial charge in [-0.2, -0.15) is 0 Å². The quantitative estimate of drug-likeness (QED) is 0.281. The van der Waals surface area contributed by atoms with E-state index in [0.717, 1.165) is 19.3 Å². The van der Waals surface area contributed by atoms with E-state index in [1.807, 2.05) is 6.08 Å². The van der Waals surface area contributed by atoms with Crippen molar-refractivity contribution in [2.24, 2.45) is 0 Å². The Balaban J connectivity index is 3.93. The average Bonchev–Trinajstić information content (AvgIpc) is 2.38. The van der Waals surface area contributed by atoms with Gasteiger partial charge in [-0.3, -0.25) is 0 Å². The summed E-state index contributed by atoms with van der Waals surface area (Å²) in [5.74, 6) is -0.591. The van der Waals surface area contributed by atoms with E-state index in [9.17, 15) is 9.59 Å². The highest BCUT2D eigenvalue weighted by Gasteiger charge is 2.07. The lowest BCUT2D eigenvalue weighted by molar-refractivity contribution is -0.138. The molecule has 0 amide bonds. The molecule has 0 fully saturated rings. The van der Waals surface area contributed by atoms with Gasteiger partial charge in [0.15, 0.2) is 0 Å². The molecule has 0 aromatic rings. The monoisotopic (exact) mass is 332 g/mol. The minimum atomic E-state index is -0.314. The van der Waals surface area contributed by atoms with Gasteiger partial charge >= 0.3 is 11.9 Å². The van der Waals surface area contributed by atoms with Crippen LogP contribution in [0.4, 0.5) is 0 Å². The van der Waals surface area contributed by atoms with Crippen molar-refractivity contribution in [3.63, 3.8) is 0 Å². The highest BCUT2D eigenvalue weighted by atomic mass is 79.9. The van der Waals surface area contributed by atoms with Crippen LogP contribution in [0, 0.1) is 0 Å². The fourth-order valence-electron chi connectivity index (χ4n) is 1.30. The molecule has 0 atom stereocenters. The van der Waals surface area contributed by atoms with Crippen LogP contribution >= 0.6 is 15.9 Å². The highest BCUT2D eigenvalue weighted by Crippen LogP contribution is 2.07. The van der Waals surface area contributed by atoms with Gasteiger partial charge in [0.2, 0.25) is 0 Å². The number of ether oxygens (including phenoxy) is 2. The molecule has 0 saturated carbocycles. The average molecular weight is 333 g/mol. The molecule has 0 rings (SSSR count). The zero-order chi connectivity index (χ0) is 14.5. The summed E-state index contributed by atoms with van der Waals surface area (Å²) in [6.45, 7) is 4.32. The zero-order valence-corrected chi connectivity index (χ0v) is 13.1. The van der Waals surface area contributed by atoms with Crippen molar-refractivity contribution >= 4 is 27.9 Å². The summed E-state index contributed by atoms with van der Waals surface area (Å²) >= 11 is 3.26.